The molecule has 0 aliphatic rings. The van der Waals surface area contributed by atoms with E-state index in [4.69, 9.17) is 9.84 Å². The summed E-state index contributed by atoms with van der Waals surface area (Å²) in [5, 5.41) is 8.61. The highest BCUT2D eigenvalue weighted by atomic mass is 16.5. The van der Waals surface area contributed by atoms with Crippen molar-refractivity contribution in [2.24, 2.45) is 0 Å². The zero-order valence-corrected chi connectivity index (χ0v) is 10.6. The molecule has 0 aromatic heterocycles. The average molecular weight is 232 g/mol. The molecule has 0 radical (unpaired) electrons. The first-order valence-corrected chi connectivity index (χ1v) is 6.06. The molecule has 2 heteroatoms. The first-order chi connectivity index (χ1) is 8.26. The molecule has 1 rings (SSSR count). The van der Waals surface area contributed by atoms with Crippen LogP contribution in [0.3, 0.4) is 0 Å². The fourth-order valence-corrected chi connectivity index (χ4v) is 1.26. The molecule has 0 aliphatic heterocycles. The van der Waals surface area contributed by atoms with Gasteiger partial charge < -0.3 is 9.84 Å². The SMILES string of the molecule is CCC(C)OCc1ccc(C#CCCO)cc1. The third-order valence-electron chi connectivity index (χ3n) is 2.53. The van der Waals surface area contributed by atoms with Crippen LogP contribution < -0.4 is 0 Å². The lowest BCUT2D eigenvalue weighted by molar-refractivity contribution is 0.0508. The van der Waals surface area contributed by atoms with E-state index in [1.54, 1.807) is 0 Å². The summed E-state index contributed by atoms with van der Waals surface area (Å²) in [5.74, 6) is 5.90. The van der Waals surface area contributed by atoms with Gasteiger partial charge in [0.25, 0.3) is 0 Å². The Hall–Kier alpha value is -1.30. The van der Waals surface area contributed by atoms with Gasteiger partial charge in [-0.15, -0.1) is 0 Å². The molecule has 92 valence electrons. The molecule has 0 amide bonds. The summed E-state index contributed by atoms with van der Waals surface area (Å²) in [5.41, 5.74) is 2.14. The van der Waals surface area contributed by atoms with Gasteiger partial charge in [-0.2, -0.15) is 0 Å². The predicted octanol–water partition coefficient (Wildman–Crippen LogP) is 2.74. The first-order valence-electron chi connectivity index (χ1n) is 6.06. The molecule has 1 aromatic carbocycles. The molecular formula is C15H20O2. The fourth-order valence-electron chi connectivity index (χ4n) is 1.26. The van der Waals surface area contributed by atoms with E-state index in [-0.39, 0.29) is 6.61 Å². The number of benzene rings is 1. The number of aliphatic hydroxyl groups is 1. The summed E-state index contributed by atoms with van der Waals surface area (Å²) in [6, 6.07) is 8.04. The second-order valence-corrected chi connectivity index (χ2v) is 4.00. The van der Waals surface area contributed by atoms with Gasteiger partial charge in [-0.05, 0) is 31.0 Å². The monoisotopic (exact) mass is 232 g/mol. The van der Waals surface area contributed by atoms with Crippen LogP contribution in [0.1, 0.15) is 37.8 Å². The topological polar surface area (TPSA) is 29.5 Å². The van der Waals surface area contributed by atoms with E-state index >= 15 is 0 Å². The molecule has 0 saturated carbocycles. The predicted molar refractivity (Wildman–Crippen MR) is 69.6 cm³/mol. The van der Waals surface area contributed by atoms with Crippen molar-refractivity contribution in [2.45, 2.75) is 39.4 Å². The van der Waals surface area contributed by atoms with E-state index in [0.29, 0.717) is 19.1 Å². The number of aliphatic hydroxyl groups excluding tert-OH is 1. The van der Waals surface area contributed by atoms with Crippen molar-refractivity contribution in [3.05, 3.63) is 35.4 Å². The van der Waals surface area contributed by atoms with Crippen molar-refractivity contribution < 1.29 is 9.84 Å². The first kappa shape index (κ1) is 13.8. The van der Waals surface area contributed by atoms with Crippen LogP contribution in [0.25, 0.3) is 0 Å². The standard InChI is InChI=1S/C15H20O2/c1-3-13(2)17-12-15-9-7-14(8-10-15)6-4-5-11-16/h7-10,13,16H,3,5,11-12H2,1-2H3. The molecule has 2 nitrogen and oxygen atoms in total. The summed E-state index contributed by atoms with van der Waals surface area (Å²) < 4.78 is 5.65. The Morgan fingerprint density at radius 3 is 2.59 bits per heavy atom. The second kappa shape index (κ2) is 7.89. The zero-order valence-electron chi connectivity index (χ0n) is 10.6. The molecule has 0 aliphatic carbocycles. The molecule has 0 bridgehead atoms. The van der Waals surface area contributed by atoms with Crippen molar-refractivity contribution in [1.29, 1.82) is 0 Å². The van der Waals surface area contributed by atoms with Gasteiger partial charge in [-0.3, -0.25) is 0 Å². The third kappa shape index (κ3) is 5.53. The Morgan fingerprint density at radius 1 is 1.29 bits per heavy atom. The molecule has 0 saturated heterocycles. The maximum atomic E-state index is 8.61. The smallest absolute Gasteiger partial charge is 0.0720 e. The second-order valence-electron chi connectivity index (χ2n) is 4.00. The van der Waals surface area contributed by atoms with E-state index < -0.39 is 0 Å². The Bertz CT molecular complexity index is 370. The molecule has 1 N–H and O–H groups in total. The molecule has 0 fully saturated rings. The average Bonchev–Trinajstić information content (AvgIpc) is 2.37. The lowest BCUT2D eigenvalue weighted by Gasteiger charge is -2.10. The summed E-state index contributed by atoms with van der Waals surface area (Å²) >= 11 is 0. The minimum absolute atomic E-state index is 0.119. The Balaban J connectivity index is 2.48. The normalized spacial score (nSPS) is 11.7. The van der Waals surface area contributed by atoms with Gasteiger partial charge in [0.05, 0.1) is 19.3 Å². The lowest BCUT2D eigenvalue weighted by atomic mass is 10.1. The van der Waals surface area contributed by atoms with Crippen LogP contribution in [0.2, 0.25) is 0 Å². The Kier molecular flexibility index (Phi) is 6.39. The van der Waals surface area contributed by atoms with Gasteiger partial charge in [-0.25, -0.2) is 0 Å². The van der Waals surface area contributed by atoms with Crippen LogP contribution in [-0.4, -0.2) is 17.8 Å². The Morgan fingerprint density at radius 2 is 2.00 bits per heavy atom. The lowest BCUT2D eigenvalue weighted by Crippen LogP contribution is -2.05. The number of hydrogen-bond acceptors (Lipinski definition) is 2. The summed E-state index contributed by atoms with van der Waals surface area (Å²) in [6.07, 6.45) is 1.86. The third-order valence-corrected chi connectivity index (χ3v) is 2.53. The molecular weight excluding hydrogens is 212 g/mol. The molecule has 0 spiro atoms. The highest BCUT2D eigenvalue weighted by molar-refractivity contribution is 5.35. The number of ether oxygens (including phenoxy) is 1. The van der Waals surface area contributed by atoms with Crippen molar-refractivity contribution in [3.8, 4) is 11.8 Å². The van der Waals surface area contributed by atoms with Crippen LogP contribution in [0, 0.1) is 11.8 Å². The number of hydrogen-bond donors (Lipinski definition) is 1. The van der Waals surface area contributed by atoms with Crippen molar-refractivity contribution in [1.82, 2.24) is 0 Å². The van der Waals surface area contributed by atoms with E-state index in [2.05, 4.69) is 25.7 Å². The van der Waals surface area contributed by atoms with E-state index in [0.717, 1.165) is 17.5 Å². The van der Waals surface area contributed by atoms with Crippen LogP contribution in [0.5, 0.6) is 0 Å². The summed E-state index contributed by atoms with van der Waals surface area (Å²) in [4.78, 5) is 0. The van der Waals surface area contributed by atoms with Gasteiger partial charge in [-0.1, -0.05) is 30.9 Å². The van der Waals surface area contributed by atoms with Crippen LogP contribution in [0.4, 0.5) is 0 Å². The molecule has 1 atom stereocenters. The van der Waals surface area contributed by atoms with E-state index in [9.17, 15) is 0 Å². The van der Waals surface area contributed by atoms with E-state index in [1.165, 1.54) is 0 Å². The minimum Gasteiger partial charge on any atom is -0.395 e. The molecule has 1 aromatic rings. The zero-order chi connectivity index (χ0) is 12.5. The van der Waals surface area contributed by atoms with Crippen molar-refractivity contribution >= 4 is 0 Å². The molecule has 17 heavy (non-hydrogen) atoms. The van der Waals surface area contributed by atoms with E-state index in [1.807, 2.05) is 24.3 Å². The summed E-state index contributed by atoms with van der Waals surface area (Å²) in [6.45, 7) is 4.96. The van der Waals surface area contributed by atoms with Crippen molar-refractivity contribution in [2.75, 3.05) is 6.61 Å². The maximum absolute atomic E-state index is 8.61. The number of rotatable bonds is 5. The fraction of sp³-hybridized carbons (Fsp3) is 0.467. The van der Waals surface area contributed by atoms with Gasteiger partial charge in [0.2, 0.25) is 0 Å². The van der Waals surface area contributed by atoms with Gasteiger partial charge in [0, 0.05) is 12.0 Å². The highest BCUT2D eigenvalue weighted by Crippen LogP contribution is 2.07. The quantitative estimate of drug-likeness (QED) is 0.791. The van der Waals surface area contributed by atoms with Crippen LogP contribution >= 0.6 is 0 Å². The Labute approximate surface area is 104 Å². The van der Waals surface area contributed by atoms with Gasteiger partial charge in [0.15, 0.2) is 0 Å². The van der Waals surface area contributed by atoms with Gasteiger partial charge >= 0.3 is 0 Å². The summed E-state index contributed by atoms with van der Waals surface area (Å²) in [7, 11) is 0. The van der Waals surface area contributed by atoms with Crippen molar-refractivity contribution in [3.63, 3.8) is 0 Å². The molecule has 1 unspecified atom stereocenters. The minimum atomic E-state index is 0.119. The maximum Gasteiger partial charge on any atom is 0.0720 e. The largest absolute Gasteiger partial charge is 0.395 e. The molecule has 0 heterocycles. The van der Waals surface area contributed by atoms with Crippen LogP contribution in [0.15, 0.2) is 24.3 Å². The van der Waals surface area contributed by atoms with Crippen LogP contribution in [-0.2, 0) is 11.3 Å². The highest BCUT2D eigenvalue weighted by Gasteiger charge is 1.99. The van der Waals surface area contributed by atoms with Gasteiger partial charge in [0.1, 0.15) is 0 Å².